The maximum Gasteiger partial charge on any atom is 0.322 e. The van der Waals surface area contributed by atoms with Crippen molar-refractivity contribution in [2.45, 2.75) is 90.6 Å². The molecule has 0 radical (unpaired) electrons. The van der Waals surface area contributed by atoms with E-state index >= 15 is 0 Å². The van der Waals surface area contributed by atoms with Crippen LogP contribution < -0.4 is 16.8 Å². The number of aromatic nitrogens is 1. The molecule has 0 spiro atoms. The van der Waals surface area contributed by atoms with Gasteiger partial charge in [-0.05, 0) is 92.4 Å². The molecule has 1 aliphatic heterocycles. The number of ether oxygens (including phenoxy) is 2. The average Bonchev–Trinajstić information content (AvgIpc) is 3.68. The normalized spacial score (nSPS) is 14.2. The van der Waals surface area contributed by atoms with Crippen molar-refractivity contribution in [3.63, 3.8) is 0 Å². The summed E-state index contributed by atoms with van der Waals surface area (Å²) < 4.78 is 13.9. The third-order valence-electron chi connectivity index (χ3n) is 9.00. The first kappa shape index (κ1) is 30.3. The van der Waals surface area contributed by atoms with Crippen LogP contribution in [0.5, 0.6) is 0 Å². The van der Waals surface area contributed by atoms with E-state index in [1.165, 1.54) is 38.5 Å². The van der Waals surface area contributed by atoms with Gasteiger partial charge in [0.05, 0.1) is 30.4 Å². The van der Waals surface area contributed by atoms with E-state index < -0.39 is 6.04 Å². The van der Waals surface area contributed by atoms with Crippen molar-refractivity contribution < 1.29 is 19.1 Å². The molecule has 8 heteroatoms. The number of nitrogens with two attached hydrogens (primary N) is 2. The second-order valence-electron chi connectivity index (χ2n) is 12.4. The third kappa shape index (κ3) is 5.74. The van der Waals surface area contributed by atoms with Crippen molar-refractivity contribution in [2.75, 3.05) is 13.2 Å². The van der Waals surface area contributed by atoms with Gasteiger partial charge in [0.2, 0.25) is 0 Å². The molecule has 0 fully saturated rings. The fourth-order valence-corrected chi connectivity index (χ4v) is 6.87. The summed E-state index contributed by atoms with van der Waals surface area (Å²) in [5.74, 6) is -0.308. The van der Waals surface area contributed by atoms with Gasteiger partial charge in [0, 0.05) is 41.4 Å². The summed E-state index contributed by atoms with van der Waals surface area (Å²) in [5, 5.41) is 5.49. The van der Waals surface area contributed by atoms with Crippen LogP contribution in [0, 0.1) is 0 Å². The Morgan fingerprint density at radius 3 is 2.68 bits per heavy atom. The van der Waals surface area contributed by atoms with Crippen molar-refractivity contribution in [3.8, 4) is 11.1 Å². The highest BCUT2D eigenvalue weighted by molar-refractivity contribution is 6.20. The number of aryl methyl sites for hydroxylation is 1. The summed E-state index contributed by atoms with van der Waals surface area (Å²) in [4.78, 5) is 25.6. The van der Waals surface area contributed by atoms with E-state index in [0.29, 0.717) is 32.7 Å². The summed E-state index contributed by atoms with van der Waals surface area (Å²) in [5.41, 5.74) is 21.8. The minimum atomic E-state index is -0.579. The molecular formula is C36H44N4O4. The van der Waals surface area contributed by atoms with Gasteiger partial charge < -0.3 is 30.8 Å². The number of esters is 1. The van der Waals surface area contributed by atoms with Crippen molar-refractivity contribution in [1.29, 1.82) is 0 Å². The lowest BCUT2D eigenvalue weighted by molar-refractivity contribution is -0.145. The summed E-state index contributed by atoms with van der Waals surface area (Å²) >= 11 is 0. The van der Waals surface area contributed by atoms with E-state index in [2.05, 4.69) is 52.3 Å². The molecule has 1 atom stereocenters. The molecule has 2 heterocycles. The first-order valence-electron chi connectivity index (χ1n) is 16.1. The molecule has 1 amide bonds. The van der Waals surface area contributed by atoms with Crippen LogP contribution >= 0.6 is 0 Å². The van der Waals surface area contributed by atoms with Crippen LogP contribution in [0.3, 0.4) is 0 Å². The summed E-state index contributed by atoms with van der Waals surface area (Å²) in [6.45, 7) is 6.99. The lowest BCUT2D eigenvalue weighted by Crippen LogP contribution is -2.32. The smallest absolute Gasteiger partial charge is 0.322 e. The predicted molar refractivity (Wildman–Crippen MR) is 174 cm³/mol. The van der Waals surface area contributed by atoms with Crippen LogP contribution in [-0.4, -0.2) is 41.7 Å². The Kier molecular flexibility index (Phi) is 9.03. The molecule has 3 aromatic carbocycles. The molecule has 0 saturated carbocycles. The minimum absolute atomic E-state index is 0.0173. The number of nitrogens with zero attached hydrogens (tertiary/aromatic N) is 1. The molecule has 8 nitrogen and oxygen atoms in total. The molecule has 1 aliphatic carbocycles. The van der Waals surface area contributed by atoms with Crippen LogP contribution in [-0.2, 0) is 40.4 Å². The second kappa shape index (κ2) is 13.1. The van der Waals surface area contributed by atoms with Crippen LogP contribution in [0.15, 0.2) is 42.5 Å². The molecular weight excluding hydrogens is 552 g/mol. The van der Waals surface area contributed by atoms with E-state index in [4.69, 9.17) is 20.9 Å². The lowest BCUT2D eigenvalue weighted by atomic mass is 9.92. The number of hydrogen-bond donors (Lipinski definition) is 3. The van der Waals surface area contributed by atoms with Crippen molar-refractivity contribution in [2.24, 2.45) is 11.5 Å². The quantitative estimate of drug-likeness (QED) is 0.112. The average molecular weight is 597 g/mol. The van der Waals surface area contributed by atoms with Gasteiger partial charge >= 0.3 is 5.97 Å². The Morgan fingerprint density at radius 1 is 1.02 bits per heavy atom. The van der Waals surface area contributed by atoms with Gasteiger partial charge in [0.1, 0.15) is 6.04 Å². The van der Waals surface area contributed by atoms with Crippen molar-refractivity contribution >= 4 is 33.7 Å². The van der Waals surface area contributed by atoms with E-state index in [-0.39, 0.29) is 18.0 Å². The molecule has 0 bridgehead atoms. The molecule has 6 rings (SSSR count). The van der Waals surface area contributed by atoms with Crippen LogP contribution in [0.4, 0.5) is 0 Å². The van der Waals surface area contributed by atoms with Gasteiger partial charge in [-0.1, -0.05) is 36.8 Å². The minimum Gasteiger partial charge on any atom is -0.465 e. The molecule has 44 heavy (non-hydrogen) atoms. The van der Waals surface area contributed by atoms with E-state index in [1.54, 1.807) is 0 Å². The van der Waals surface area contributed by atoms with Gasteiger partial charge in [0.15, 0.2) is 0 Å². The summed E-state index contributed by atoms with van der Waals surface area (Å²) in [6, 6.07) is 14.5. The van der Waals surface area contributed by atoms with Gasteiger partial charge in [0.25, 0.3) is 5.91 Å². The second-order valence-corrected chi connectivity index (χ2v) is 12.4. The van der Waals surface area contributed by atoms with Gasteiger partial charge in [-0.15, -0.1) is 0 Å². The number of fused-ring (bicyclic) bond motifs is 10. The van der Waals surface area contributed by atoms with E-state index in [9.17, 15) is 9.59 Å². The number of nitrogens with one attached hydrogen (secondary N) is 1. The highest BCUT2D eigenvalue weighted by Crippen LogP contribution is 2.48. The molecule has 0 saturated heterocycles. The fraction of sp³-hybridized carbons (Fsp3) is 0.444. The Labute approximate surface area is 259 Å². The monoisotopic (exact) mass is 596 g/mol. The van der Waals surface area contributed by atoms with Crippen LogP contribution in [0.25, 0.3) is 32.9 Å². The number of carbonyl (C=O) groups excluding carboxylic acids is 2. The molecule has 1 aromatic heterocycles. The number of unbranched alkanes of at least 4 members (excludes halogenated alkanes) is 3. The predicted octanol–water partition coefficient (Wildman–Crippen LogP) is 5.70. The summed E-state index contributed by atoms with van der Waals surface area (Å²) in [6.07, 6.45) is 5.90. The van der Waals surface area contributed by atoms with E-state index in [1.807, 2.05) is 13.8 Å². The standard InChI is InChI=1S/C36H44N4O4/c1-22(2)44-21-23-13-14-30-26(18-23)32-28-20-39-35(41)33(28)31-25-11-5-4-10-24(25)19-27(31)34(32)40(30)16-8-3-9-17-43-36(42)29(38)12-6-7-15-37/h4-5,10-11,13-14,18,22,29H,3,6-9,12,15-17,19-21,37-38H2,1-2H3,(H,39,41). The molecule has 232 valence electrons. The molecule has 1 unspecified atom stereocenters. The SMILES string of the molecule is CC(C)OCc1ccc2c(c1)c1c3c(c4c(c1n2CCCCCOC(=O)C(N)CCCCN)Cc1ccccc1-4)C(=O)NC3. The van der Waals surface area contributed by atoms with E-state index in [0.717, 1.165) is 67.3 Å². The molecule has 4 aromatic rings. The summed E-state index contributed by atoms with van der Waals surface area (Å²) in [7, 11) is 0. The zero-order chi connectivity index (χ0) is 30.8. The number of amides is 1. The van der Waals surface area contributed by atoms with Crippen LogP contribution in [0.1, 0.15) is 85.0 Å². The zero-order valence-corrected chi connectivity index (χ0v) is 25.9. The van der Waals surface area contributed by atoms with Gasteiger partial charge in [-0.25, -0.2) is 0 Å². The van der Waals surface area contributed by atoms with Crippen molar-refractivity contribution in [3.05, 3.63) is 70.3 Å². The van der Waals surface area contributed by atoms with Gasteiger partial charge in [-0.3, -0.25) is 9.59 Å². The van der Waals surface area contributed by atoms with Crippen LogP contribution in [0.2, 0.25) is 0 Å². The highest BCUT2D eigenvalue weighted by atomic mass is 16.5. The van der Waals surface area contributed by atoms with Gasteiger partial charge in [-0.2, -0.15) is 0 Å². The molecule has 2 aliphatic rings. The Hall–Kier alpha value is -3.72. The number of benzene rings is 3. The number of carbonyl (C=O) groups is 2. The number of rotatable bonds is 14. The largest absolute Gasteiger partial charge is 0.465 e. The zero-order valence-electron chi connectivity index (χ0n) is 25.9. The lowest BCUT2D eigenvalue weighted by Gasteiger charge is -2.14. The molecule has 5 N–H and O–H groups in total. The first-order valence-corrected chi connectivity index (χ1v) is 16.1. The Balaban J connectivity index is 1.30. The maximum absolute atomic E-state index is 13.3. The Bertz CT molecular complexity index is 1710. The highest BCUT2D eigenvalue weighted by Gasteiger charge is 2.35. The third-order valence-corrected chi connectivity index (χ3v) is 9.00. The topological polar surface area (TPSA) is 122 Å². The van der Waals surface area contributed by atoms with Crippen molar-refractivity contribution in [1.82, 2.24) is 9.88 Å². The fourth-order valence-electron chi connectivity index (χ4n) is 6.87. The Morgan fingerprint density at radius 2 is 1.86 bits per heavy atom. The maximum atomic E-state index is 13.3. The first-order chi connectivity index (χ1) is 21.4. The number of hydrogen-bond acceptors (Lipinski definition) is 6.